The summed E-state index contributed by atoms with van der Waals surface area (Å²) >= 11 is 5.98. The van der Waals surface area contributed by atoms with Gasteiger partial charge in [-0.1, -0.05) is 43.5 Å². The van der Waals surface area contributed by atoms with Crippen LogP contribution in [0.15, 0.2) is 54.1 Å². The van der Waals surface area contributed by atoms with Crippen molar-refractivity contribution >= 4 is 29.1 Å². The molecule has 1 N–H and O–H groups in total. The van der Waals surface area contributed by atoms with E-state index in [0.29, 0.717) is 17.1 Å². The van der Waals surface area contributed by atoms with Crippen molar-refractivity contribution in [2.24, 2.45) is 0 Å². The Balaban J connectivity index is 2.10. The Hall–Kier alpha value is -2.66. The van der Waals surface area contributed by atoms with E-state index in [1.807, 2.05) is 0 Å². The van der Waals surface area contributed by atoms with E-state index < -0.39 is 23.5 Å². The molecular weight excluding hydrogens is 381 g/mol. The molecule has 4 nitrogen and oxygen atoms in total. The molecule has 0 spiro atoms. The van der Waals surface area contributed by atoms with Crippen LogP contribution < -0.4 is 0 Å². The van der Waals surface area contributed by atoms with E-state index in [2.05, 4.69) is 6.92 Å². The normalized spacial score (nSPS) is 18.7. The third kappa shape index (κ3) is 3.94. The van der Waals surface area contributed by atoms with Crippen LogP contribution in [0.1, 0.15) is 43.4 Å². The van der Waals surface area contributed by atoms with E-state index in [4.69, 9.17) is 11.6 Å². The predicted molar refractivity (Wildman–Crippen MR) is 106 cm³/mol. The van der Waals surface area contributed by atoms with E-state index in [1.54, 1.807) is 24.3 Å². The van der Waals surface area contributed by atoms with Gasteiger partial charge in [-0.25, -0.2) is 4.39 Å². The van der Waals surface area contributed by atoms with Crippen LogP contribution in [-0.2, 0) is 9.59 Å². The number of hydrogen-bond donors (Lipinski definition) is 1. The second-order valence-electron chi connectivity index (χ2n) is 6.76. The second kappa shape index (κ2) is 8.57. The van der Waals surface area contributed by atoms with Gasteiger partial charge in [-0.05, 0) is 48.4 Å². The molecule has 3 rings (SSSR count). The maximum atomic E-state index is 13.2. The summed E-state index contributed by atoms with van der Waals surface area (Å²) in [6, 6.07) is 11.3. The van der Waals surface area contributed by atoms with Crippen LogP contribution in [0.3, 0.4) is 0 Å². The van der Waals surface area contributed by atoms with Gasteiger partial charge in [0.2, 0.25) is 0 Å². The summed E-state index contributed by atoms with van der Waals surface area (Å²) in [7, 11) is 0. The van der Waals surface area contributed by atoms with Crippen molar-refractivity contribution < 1.29 is 19.1 Å². The van der Waals surface area contributed by atoms with Gasteiger partial charge in [0.25, 0.3) is 11.7 Å². The van der Waals surface area contributed by atoms with Crippen molar-refractivity contribution in [3.05, 3.63) is 76.1 Å². The first kappa shape index (κ1) is 20.1. The molecule has 0 saturated carbocycles. The second-order valence-corrected chi connectivity index (χ2v) is 7.19. The number of carbonyl (C=O) groups is 2. The zero-order chi connectivity index (χ0) is 20.3. The Morgan fingerprint density at radius 3 is 2.32 bits per heavy atom. The van der Waals surface area contributed by atoms with Gasteiger partial charge in [0.15, 0.2) is 0 Å². The molecule has 6 heteroatoms. The number of ketones is 1. The number of amides is 1. The number of halogens is 2. The lowest BCUT2D eigenvalue weighted by Crippen LogP contribution is -2.30. The number of hydrogen-bond acceptors (Lipinski definition) is 3. The largest absolute Gasteiger partial charge is 0.507 e. The molecule has 2 aromatic rings. The maximum Gasteiger partial charge on any atom is 0.295 e. The highest BCUT2D eigenvalue weighted by Gasteiger charge is 2.45. The van der Waals surface area contributed by atoms with Gasteiger partial charge in [-0.3, -0.25) is 9.59 Å². The van der Waals surface area contributed by atoms with Crippen molar-refractivity contribution in [3.8, 4) is 0 Å². The molecule has 1 saturated heterocycles. The average Bonchev–Trinajstić information content (AvgIpc) is 2.94. The number of nitrogens with zero attached hydrogens (tertiary/aromatic N) is 1. The molecule has 146 valence electrons. The van der Waals surface area contributed by atoms with Crippen LogP contribution in [0.2, 0.25) is 5.02 Å². The lowest BCUT2D eigenvalue weighted by molar-refractivity contribution is -0.139. The zero-order valence-electron chi connectivity index (χ0n) is 15.5. The van der Waals surface area contributed by atoms with E-state index in [9.17, 15) is 19.1 Å². The van der Waals surface area contributed by atoms with Gasteiger partial charge >= 0.3 is 0 Å². The van der Waals surface area contributed by atoms with Crippen LogP contribution in [-0.4, -0.2) is 28.2 Å². The molecule has 0 radical (unpaired) electrons. The van der Waals surface area contributed by atoms with Gasteiger partial charge in [0.05, 0.1) is 11.6 Å². The molecule has 1 aliphatic rings. The molecule has 1 unspecified atom stereocenters. The third-order valence-electron chi connectivity index (χ3n) is 4.85. The minimum atomic E-state index is -0.738. The summed E-state index contributed by atoms with van der Waals surface area (Å²) in [5, 5.41) is 11.3. The number of aliphatic hydroxyl groups excluding tert-OH is 1. The van der Waals surface area contributed by atoms with E-state index in [-0.39, 0.29) is 16.9 Å². The fourth-order valence-corrected chi connectivity index (χ4v) is 3.52. The summed E-state index contributed by atoms with van der Waals surface area (Å²) in [5.74, 6) is -2.14. The van der Waals surface area contributed by atoms with Crippen LogP contribution in [0.4, 0.5) is 4.39 Å². The lowest BCUT2D eigenvalue weighted by atomic mass is 9.95. The topological polar surface area (TPSA) is 57.6 Å². The number of rotatable bonds is 6. The fourth-order valence-electron chi connectivity index (χ4n) is 3.40. The number of likely N-dealkylation sites (tertiary alicyclic amines) is 1. The minimum Gasteiger partial charge on any atom is -0.507 e. The van der Waals surface area contributed by atoms with Gasteiger partial charge in [-0.15, -0.1) is 0 Å². The molecular formula is C22H21ClFNO3. The Morgan fingerprint density at radius 1 is 1.07 bits per heavy atom. The maximum absolute atomic E-state index is 13.2. The fraction of sp³-hybridized carbons (Fsp3) is 0.273. The SMILES string of the molecule is CCCCCN1C(=O)C(=O)/C(=C(\O)c2ccc(F)cc2)C1c1ccc(Cl)cc1. The Bertz CT molecular complexity index is 906. The quantitative estimate of drug-likeness (QED) is 0.317. The predicted octanol–water partition coefficient (Wildman–Crippen LogP) is 5.09. The first-order valence-electron chi connectivity index (χ1n) is 9.24. The standard InChI is InChI=1S/C22H21ClFNO3/c1-2-3-4-13-25-19(14-5-9-16(23)10-6-14)18(21(27)22(25)28)20(26)15-7-11-17(24)12-8-15/h5-12,19,26H,2-4,13H2,1H3/b20-18-. The van der Waals surface area contributed by atoms with Crippen LogP contribution in [0, 0.1) is 5.82 Å². The summed E-state index contributed by atoms with van der Waals surface area (Å²) in [6.45, 7) is 2.46. The molecule has 1 fully saturated rings. The molecule has 1 atom stereocenters. The molecule has 1 aliphatic heterocycles. The van der Waals surface area contributed by atoms with E-state index >= 15 is 0 Å². The highest BCUT2D eigenvalue weighted by molar-refractivity contribution is 6.46. The molecule has 0 bridgehead atoms. The Morgan fingerprint density at radius 2 is 1.71 bits per heavy atom. The number of carbonyl (C=O) groups excluding carboxylic acids is 2. The number of Topliss-reactive ketones (excluding diaryl/α,β-unsaturated/α-hetero) is 1. The minimum absolute atomic E-state index is 0.00966. The molecule has 0 aliphatic carbocycles. The molecule has 1 amide bonds. The van der Waals surface area contributed by atoms with Crippen molar-refractivity contribution in [1.82, 2.24) is 4.90 Å². The number of benzene rings is 2. The average molecular weight is 402 g/mol. The van der Waals surface area contributed by atoms with Crippen LogP contribution in [0.25, 0.3) is 5.76 Å². The first-order valence-corrected chi connectivity index (χ1v) is 9.61. The van der Waals surface area contributed by atoms with Gasteiger partial charge < -0.3 is 10.0 Å². The summed E-state index contributed by atoms with van der Waals surface area (Å²) in [4.78, 5) is 27.0. The summed E-state index contributed by atoms with van der Waals surface area (Å²) in [6.07, 6.45) is 2.66. The van der Waals surface area contributed by atoms with Crippen molar-refractivity contribution in [3.63, 3.8) is 0 Å². The molecule has 0 aromatic heterocycles. The lowest BCUT2D eigenvalue weighted by Gasteiger charge is -2.25. The zero-order valence-corrected chi connectivity index (χ0v) is 16.2. The summed E-state index contributed by atoms with van der Waals surface area (Å²) < 4.78 is 13.2. The first-order chi connectivity index (χ1) is 13.4. The van der Waals surface area contributed by atoms with E-state index in [0.717, 1.165) is 19.3 Å². The molecule has 28 heavy (non-hydrogen) atoms. The van der Waals surface area contributed by atoms with Gasteiger partial charge in [0, 0.05) is 17.1 Å². The number of unbranched alkanes of at least 4 members (excludes halogenated alkanes) is 2. The Labute approximate surface area is 168 Å². The van der Waals surface area contributed by atoms with Crippen molar-refractivity contribution in [2.75, 3.05) is 6.54 Å². The number of aliphatic hydroxyl groups is 1. The summed E-state index contributed by atoms with van der Waals surface area (Å²) in [5.41, 5.74) is 0.978. The molecule has 1 heterocycles. The van der Waals surface area contributed by atoms with Crippen LogP contribution >= 0.6 is 11.6 Å². The highest BCUT2D eigenvalue weighted by Crippen LogP contribution is 2.39. The molecule has 2 aromatic carbocycles. The van der Waals surface area contributed by atoms with Crippen LogP contribution in [0.5, 0.6) is 0 Å². The third-order valence-corrected chi connectivity index (χ3v) is 5.10. The van der Waals surface area contributed by atoms with Crippen molar-refractivity contribution in [2.45, 2.75) is 32.2 Å². The smallest absolute Gasteiger partial charge is 0.295 e. The monoisotopic (exact) mass is 401 g/mol. The van der Waals surface area contributed by atoms with Gasteiger partial charge in [-0.2, -0.15) is 0 Å². The van der Waals surface area contributed by atoms with E-state index in [1.165, 1.54) is 29.2 Å². The van der Waals surface area contributed by atoms with Crippen molar-refractivity contribution in [1.29, 1.82) is 0 Å². The van der Waals surface area contributed by atoms with Gasteiger partial charge in [0.1, 0.15) is 11.6 Å². The highest BCUT2D eigenvalue weighted by atomic mass is 35.5. The Kier molecular flexibility index (Phi) is 6.15.